The van der Waals surface area contributed by atoms with E-state index in [1.54, 1.807) is 0 Å². The van der Waals surface area contributed by atoms with Gasteiger partial charge in [0.1, 0.15) is 10.7 Å². The van der Waals surface area contributed by atoms with Gasteiger partial charge in [0.25, 0.3) is 10.0 Å². The van der Waals surface area contributed by atoms with Gasteiger partial charge in [-0.1, -0.05) is 29.3 Å². The first-order valence-corrected chi connectivity index (χ1v) is 7.43. The van der Waals surface area contributed by atoms with Crippen molar-refractivity contribution in [1.29, 1.82) is 0 Å². The highest BCUT2D eigenvalue weighted by atomic mass is 35.5. The molecule has 5 nitrogen and oxygen atoms in total. The topological polar surface area (TPSA) is 85.1 Å². The number of halogens is 3. The minimum Gasteiger partial charge on any atom is -0.399 e. The van der Waals surface area contributed by atoms with Crippen LogP contribution in [0.5, 0.6) is 0 Å². The summed E-state index contributed by atoms with van der Waals surface area (Å²) in [6, 6.07) is 6.19. The van der Waals surface area contributed by atoms with Crippen molar-refractivity contribution in [3.8, 4) is 0 Å². The first kappa shape index (κ1) is 14.8. The molecule has 0 spiro atoms. The Morgan fingerprint density at radius 3 is 2.35 bits per heavy atom. The van der Waals surface area contributed by atoms with E-state index in [0.717, 1.165) is 6.07 Å². The van der Waals surface area contributed by atoms with Gasteiger partial charge in [-0.3, -0.25) is 4.72 Å². The van der Waals surface area contributed by atoms with Gasteiger partial charge in [-0.05, 0) is 24.3 Å². The second-order valence-electron chi connectivity index (χ2n) is 3.76. The smallest absolute Gasteiger partial charge is 0.266 e. The Morgan fingerprint density at radius 1 is 1.20 bits per heavy atom. The number of nitrogen functional groups attached to an aromatic ring is 1. The summed E-state index contributed by atoms with van der Waals surface area (Å²) >= 11 is 11.7. The molecule has 1 heterocycles. The molecule has 106 valence electrons. The number of sulfonamides is 1. The quantitative estimate of drug-likeness (QED) is 0.667. The van der Waals surface area contributed by atoms with Gasteiger partial charge in [0.15, 0.2) is 0 Å². The maximum atomic E-state index is 12.9. The normalized spacial score (nSPS) is 11.3. The summed E-state index contributed by atoms with van der Waals surface area (Å²) in [5, 5.41) is -0.280. The minimum absolute atomic E-state index is 0.140. The van der Waals surface area contributed by atoms with Crippen LogP contribution >= 0.6 is 23.2 Å². The molecular formula is C11H8Cl2FN3O2S. The number of pyridine rings is 1. The van der Waals surface area contributed by atoms with E-state index in [4.69, 9.17) is 28.9 Å². The number of hydrogen-bond acceptors (Lipinski definition) is 4. The first-order valence-electron chi connectivity index (χ1n) is 5.19. The number of anilines is 2. The summed E-state index contributed by atoms with van der Waals surface area (Å²) in [6.45, 7) is 0. The Hall–Kier alpha value is -1.57. The standard InChI is InChI=1S/C11H8Cl2FN3O2S/c12-7-4-6(15)5-8(13)11(7)20(18,19)17-10-3-1-2-9(14)16-10/h1-5H,15H2,(H,16,17). The van der Waals surface area contributed by atoms with E-state index in [-0.39, 0.29) is 26.4 Å². The molecule has 0 aliphatic rings. The van der Waals surface area contributed by atoms with Crippen molar-refractivity contribution in [3.05, 3.63) is 46.3 Å². The number of nitrogens with one attached hydrogen (secondary N) is 1. The molecule has 0 aliphatic carbocycles. The van der Waals surface area contributed by atoms with Crippen LogP contribution in [0.3, 0.4) is 0 Å². The molecule has 0 amide bonds. The molecule has 0 radical (unpaired) electrons. The van der Waals surface area contributed by atoms with Gasteiger partial charge in [0, 0.05) is 5.69 Å². The number of aromatic nitrogens is 1. The summed E-state index contributed by atoms with van der Waals surface area (Å²) in [5.74, 6) is -1.01. The Balaban J connectivity index is 2.46. The minimum atomic E-state index is -4.11. The van der Waals surface area contributed by atoms with Gasteiger partial charge in [0.05, 0.1) is 10.0 Å². The van der Waals surface area contributed by atoms with E-state index >= 15 is 0 Å². The molecule has 1 aromatic heterocycles. The van der Waals surface area contributed by atoms with E-state index in [9.17, 15) is 12.8 Å². The van der Waals surface area contributed by atoms with E-state index in [1.165, 1.54) is 24.3 Å². The molecule has 0 saturated heterocycles. The van der Waals surface area contributed by atoms with Crippen LogP contribution in [0.15, 0.2) is 35.2 Å². The zero-order valence-electron chi connectivity index (χ0n) is 9.77. The van der Waals surface area contributed by atoms with Gasteiger partial charge in [0.2, 0.25) is 5.95 Å². The Bertz CT molecular complexity index is 745. The Morgan fingerprint density at radius 2 is 1.80 bits per heavy atom. The Kier molecular flexibility index (Phi) is 4.03. The van der Waals surface area contributed by atoms with Crippen molar-refractivity contribution in [2.45, 2.75) is 4.90 Å². The van der Waals surface area contributed by atoms with Crippen molar-refractivity contribution in [2.75, 3.05) is 10.5 Å². The van der Waals surface area contributed by atoms with Crippen LogP contribution in [0.2, 0.25) is 10.0 Å². The lowest BCUT2D eigenvalue weighted by Gasteiger charge is -2.11. The molecule has 9 heteroatoms. The molecule has 0 fully saturated rings. The van der Waals surface area contributed by atoms with E-state index < -0.39 is 16.0 Å². The lowest BCUT2D eigenvalue weighted by Crippen LogP contribution is -2.15. The summed E-state index contributed by atoms with van der Waals surface area (Å²) in [7, 11) is -4.11. The zero-order valence-corrected chi connectivity index (χ0v) is 12.1. The van der Waals surface area contributed by atoms with Gasteiger partial charge >= 0.3 is 0 Å². The predicted octanol–water partition coefficient (Wildman–Crippen LogP) is 2.91. The van der Waals surface area contributed by atoms with Crippen molar-refractivity contribution in [3.63, 3.8) is 0 Å². The van der Waals surface area contributed by atoms with Crippen LogP contribution in [0.4, 0.5) is 15.9 Å². The molecule has 0 atom stereocenters. The maximum absolute atomic E-state index is 12.9. The van der Waals surface area contributed by atoms with Crippen molar-refractivity contribution in [1.82, 2.24) is 4.98 Å². The number of nitrogens with two attached hydrogens (primary N) is 1. The number of benzene rings is 1. The highest BCUT2D eigenvalue weighted by Crippen LogP contribution is 2.32. The van der Waals surface area contributed by atoms with Crippen LogP contribution < -0.4 is 10.5 Å². The number of nitrogens with zero attached hydrogens (tertiary/aromatic N) is 1. The third kappa shape index (κ3) is 3.12. The van der Waals surface area contributed by atoms with Crippen LogP contribution in [0.1, 0.15) is 0 Å². The van der Waals surface area contributed by atoms with Gasteiger partial charge in [-0.2, -0.15) is 4.39 Å². The summed E-state index contributed by atoms with van der Waals surface area (Å²) in [4.78, 5) is 3.05. The van der Waals surface area contributed by atoms with Crippen LogP contribution in [0, 0.1) is 5.95 Å². The lowest BCUT2D eigenvalue weighted by molar-refractivity contribution is 0.584. The van der Waals surface area contributed by atoms with Gasteiger partial charge in [-0.15, -0.1) is 0 Å². The largest absolute Gasteiger partial charge is 0.399 e. The fraction of sp³-hybridized carbons (Fsp3) is 0. The predicted molar refractivity (Wildman–Crippen MR) is 75.9 cm³/mol. The van der Waals surface area contributed by atoms with E-state index in [1.807, 2.05) is 0 Å². The maximum Gasteiger partial charge on any atom is 0.266 e. The van der Waals surface area contributed by atoms with Crippen molar-refractivity contribution >= 4 is 44.7 Å². The molecule has 0 saturated carbocycles. The monoisotopic (exact) mass is 335 g/mol. The number of hydrogen-bond donors (Lipinski definition) is 2. The second kappa shape index (κ2) is 5.43. The summed E-state index contributed by atoms with van der Waals surface area (Å²) in [5.41, 5.74) is 5.72. The molecule has 0 unspecified atom stereocenters. The molecule has 2 rings (SSSR count). The summed E-state index contributed by atoms with van der Waals surface area (Å²) < 4.78 is 39.4. The average Bonchev–Trinajstić information content (AvgIpc) is 2.25. The number of rotatable bonds is 3. The molecule has 0 bridgehead atoms. The van der Waals surface area contributed by atoms with E-state index in [0.29, 0.717) is 0 Å². The molecule has 2 aromatic rings. The molecule has 20 heavy (non-hydrogen) atoms. The molecule has 3 N–H and O–H groups in total. The third-order valence-corrected chi connectivity index (χ3v) is 4.52. The zero-order chi connectivity index (χ0) is 14.9. The average molecular weight is 336 g/mol. The van der Waals surface area contributed by atoms with Crippen LogP contribution in [0.25, 0.3) is 0 Å². The first-order chi connectivity index (χ1) is 9.29. The molecule has 1 aromatic carbocycles. The van der Waals surface area contributed by atoms with E-state index in [2.05, 4.69) is 9.71 Å². The fourth-order valence-corrected chi connectivity index (χ4v) is 3.73. The highest BCUT2D eigenvalue weighted by molar-refractivity contribution is 7.93. The summed E-state index contributed by atoms with van der Waals surface area (Å²) in [6.07, 6.45) is 0. The van der Waals surface area contributed by atoms with Gasteiger partial charge in [-0.25, -0.2) is 13.4 Å². The molecule has 0 aliphatic heterocycles. The SMILES string of the molecule is Nc1cc(Cl)c(S(=O)(=O)Nc2cccc(F)n2)c(Cl)c1. The van der Waals surface area contributed by atoms with Crippen molar-refractivity contribution in [2.24, 2.45) is 0 Å². The third-order valence-electron chi connectivity index (χ3n) is 2.24. The molecular weight excluding hydrogens is 328 g/mol. The Labute approximate surface area is 124 Å². The lowest BCUT2D eigenvalue weighted by atomic mass is 10.3. The van der Waals surface area contributed by atoms with Crippen LogP contribution in [-0.4, -0.2) is 13.4 Å². The fourth-order valence-electron chi connectivity index (χ4n) is 1.49. The van der Waals surface area contributed by atoms with Crippen molar-refractivity contribution < 1.29 is 12.8 Å². The highest BCUT2D eigenvalue weighted by Gasteiger charge is 2.23. The van der Waals surface area contributed by atoms with Gasteiger partial charge < -0.3 is 5.73 Å². The van der Waals surface area contributed by atoms with Crippen LogP contribution in [-0.2, 0) is 10.0 Å². The second-order valence-corrected chi connectivity index (χ2v) is 6.20.